The van der Waals surface area contributed by atoms with Gasteiger partial charge in [-0.05, 0) is 33.0 Å². The lowest BCUT2D eigenvalue weighted by molar-refractivity contribution is 0.0467. The van der Waals surface area contributed by atoms with Gasteiger partial charge in [0, 0.05) is 6.54 Å². The summed E-state index contributed by atoms with van der Waals surface area (Å²) in [5, 5.41) is 0. The van der Waals surface area contributed by atoms with Crippen LogP contribution in [0.4, 0.5) is 0 Å². The molecule has 0 unspecified atom stereocenters. The van der Waals surface area contributed by atoms with E-state index in [1.165, 1.54) is 4.57 Å². The summed E-state index contributed by atoms with van der Waals surface area (Å²) in [5.41, 5.74) is 0.157. The summed E-state index contributed by atoms with van der Waals surface area (Å²) in [5.74, 6) is -1.20. The van der Waals surface area contributed by atoms with Crippen molar-refractivity contribution in [1.82, 2.24) is 9.55 Å². The summed E-state index contributed by atoms with van der Waals surface area (Å²) in [6.45, 7) is 6.11. The molecule has 0 bridgehead atoms. The van der Waals surface area contributed by atoms with Crippen molar-refractivity contribution in [3.8, 4) is 0 Å². The molecule has 1 heterocycles. The van der Waals surface area contributed by atoms with Crippen LogP contribution in [0.15, 0.2) is 0 Å². The number of aromatic amines is 1. The number of aromatic nitrogens is 2. The number of hydrogen-bond donors (Lipinski definition) is 1. The third-order valence-corrected chi connectivity index (χ3v) is 2.57. The molecule has 100 valence electrons. The summed E-state index contributed by atoms with van der Waals surface area (Å²) >= 11 is 5.06. The second-order valence-electron chi connectivity index (χ2n) is 3.34. The second-order valence-corrected chi connectivity index (χ2v) is 3.73. The highest BCUT2D eigenvalue weighted by molar-refractivity contribution is 7.71. The molecule has 0 saturated heterocycles. The number of ether oxygens (including phenoxy) is 2. The number of rotatable bonds is 5. The molecule has 0 radical (unpaired) electrons. The molecule has 0 fully saturated rings. The fourth-order valence-electron chi connectivity index (χ4n) is 1.53. The molecule has 1 rings (SSSR count). The van der Waals surface area contributed by atoms with Crippen LogP contribution in [0.5, 0.6) is 0 Å². The Morgan fingerprint density at radius 1 is 1.17 bits per heavy atom. The highest BCUT2D eigenvalue weighted by Crippen LogP contribution is 2.13. The number of hydrogen-bond acceptors (Lipinski definition) is 5. The fourth-order valence-corrected chi connectivity index (χ4v) is 1.86. The summed E-state index contributed by atoms with van der Waals surface area (Å²) in [6.07, 6.45) is 0. The summed E-state index contributed by atoms with van der Waals surface area (Å²) in [7, 11) is 0. The summed E-state index contributed by atoms with van der Waals surface area (Å²) < 4.78 is 11.6. The van der Waals surface area contributed by atoms with E-state index in [2.05, 4.69) is 4.98 Å². The van der Waals surface area contributed by atoms with Gasteiger partial charge >= 0.3 is 11.9 Å². The molecule has 0 aliphatic carbocycles. The van der Waals surface area contributed by atoms with Crippen molar-refractivity contribution in [2.45, 2.75) is 27.3 Å². The van der Waals surface area contributed by atoms with Crippen LogP contribution in [0.25, 0.3) is 0 Å². The van der Waals surface area contributed by atoms with Gasteiger partial charge in [-0.15, -0.1) is 0 Å². The molecule has 18 heavy (non-hydrogen) atoms. The molecule has 1 N–H and O–H groups in total. The number of carbonyl (C=O) groups is 2. The number of H-pyrrole nitrogens is 1. The number of nitrogens with zero attached hydrogens (tertiary/aromatic N) is 1. The predicted octanol–water partition coefficient (Wildman–Crippen LogP) is 1.92. The highest BCUT2D eigenvalue weighted by atomic mass is 32.1. The van der Waals surface area contributed by atoms with Gasteiger partial charge in [-0.1, -0.05) is 0 Å². The third-order valence-electron chi connectivity index (χ3n) is 2.25. The van der Waals surface area contributed by atoms with E-state index in [4.69, 9.17) is 21.7 Å². The van der Waals surface area contributed by atoms with E-state index in [0.29, 0.717) is 11.3 Å². The van der Waals surface area contributed by atoms with E-state index in [1.54, 1.807) is 13.8 Å². The Bertz CT molecular complexity index is 504. The van der Waals surface area contributed by atoms with Crippen molar-refractivity contribution >= 4 is 24.2 Å². The first-order valence-electron chi connectivity index (χ1n) is 5.73. The summed E-state index contributed by atoms with van der Waals surface area (Å²) in [6, 6.07) is 0. The minimum absolute atomic E-state index is 0.0437. The van der Waals surface area contributed by atoms with Gasteiger partial charge in [-0.3, -0.25) is 0 Å². The molecule has 7 heteroatoms. The van der Waals surface area contributed by atoms with Crippen molar-refractivity contribution in [1.29, 1.82) is 0 Å². The average molecular weight is 272 g/mol. The van der Waals surface area contributed by atoms with Gasteiger partial charge in [0.1, 0.15) is 0 Å². The Morgan fingerprint density at radius 3 is 2.22 bits per heavy atom. The maximum atomic E-state index is 11.9. The van der Waals surface area contributed by atoms with Gasteiger partial charge in [-0.25, -0.2) is 9.59 Å². The SMILES string of the molecule is CCOC(=O)c1[nH]c(=S)n(CC)c1C(=O)OCC. The van der Waals surface area contributed by atoms with Crippen molar-refractivity contribution in [2.75, 3.05) is 13.2 Å². The molecule has 0 aliphatic rings. The van der Waals surface area contributed by atoms with Crippen LogP contribution in [0.2, 0.25) is 0 Å². The van der Waals surface area contributed by atoms with Gasteiger partial charge in [-0.2, -0.15) is 0 Å². The van der Waals surface area contributed by atoms with Gasteiger partial charge in [0.25, 0.3) is 0 Å². The quantitative estimate of drug-likeness (QED) is 0.655. The molecule has 0 atom stereocenters. The lowest BCUT2D eigenvalue weighted by Crippen LogP contribution is -2.17. The van der Waals surface area contributed by atoms with E-state index in [1.807, 2.05) is 6.92 Å². The number of esters is 2. The lowest BCUT2D eigenvalue weighted by atomic mass is 10.3. The van der Waals surface area contributed by atoms with Crippen molar-refractivity contribution in [2.24, 2.45) is 0 Å². The fraction of sp³-hybridized carbons (Fsp3) is 0.545. The average Bonchev–Trinajstić information content (AvgIpc) is 2.66. The minimum Gasteiger partial charge on any atom is -0.461 e. The highest BCUT2D eigenvalue weighted by Gasteiger charge is 2.25. The zero-order valence-corrected chi connectivity index (χ0v) is 11.4. The van der Waals surface area contributed by atoms with Crippen molar-refractivity contribution < 1.29 is 19.1 Å². The normalized spacial score (nSPS) is 10.2. The van der Waals surface area contributed by atoms with E-state index in [9.17, 15) is 9.59 Å². The van der Waals surface area contributed by atoms with Crippen LogP contribution >= 0.6 is 12.2 Å². The molecule has 6 nitrogen and oxygen atoms in total. The first kappa shape index (κ1) is 14.4. The van der Waals surface area contributed by atoms with E-state index >= 15 is 0 Å². The smallest absolute Gasteiger partial charge is 0.357 e. The molecule has 0 spiro atoms. The molecular formula is C11H16N2O4S. The second kappa shape index (κ2) is 6.34. The van der Waals surface area contributed by atoms with E-state index in [0.717, 1.165) is 0 Å². The number of nitrogens with one attached hydrogen (secondary N) is 1. The van der Waals surface area contributed by atoms with E-state index < -0.39 is 11.9 Å². The zero-order valence-electron chi connectivity index (χ0n) is 10.6. The lowest BCUT2D eigenvalue weighted by Gasteiger charge is -2.06. The van der Waals surface area contributed by atoms with E-state index in [-0.39, 0.29) is 24.6 Å². The standard InChI is InChI=1S/C11H16N2O4S/c1-4-13-8(10(15)17-6-3)7(12-11(13)18)9(14)16-5-2/h4-6H2,1-3H3,(H,12,18). The van der Waals surface area contributed by atoms with Crippen molar-refractivity contribution in [3.05, 3.63) is 16.2 Å². The third kappa shape index (κ3) is 2.79. The molecule has 1 aromatic rings. The maximum absolute atomic E-state index is 11.9. The van der Waals surface area contributed by atoms with Gasteiger partial charge in [0.15, 0.2) is 16.2 Å². The molecule has 0 amide bonds. The Labute approximate surface area is 110 Å². The van der Waals surface area contributed by atoms with Crippen LogP contribution in [-0.4, -0.2) is 34.7 Å². The van der Waals surface area contributed by atoms with Gasteiger partial charge in [0.2, 0.25) is 0 Å². The van der Waals surface area contributed by atoms with Crippen molar-refractivity contribution in [3.63, 3.8) is 0 Å². The maximum Gasteiger partial charge on any atom is 0.357 e. The molecule has 1 aromatic heterocycles. The van der Waals surface area contributed by atoms with Gasteiger partial charge < -0.3 is 19.0 Å². The first-order valence-corrected chi connectivity index (χ1v) is 6.14. The van der Waals surface area contributed by atoms with Crippen LogP contribution in [-0.2, 0) is 16.0 Å². The Hall–Kier alpha value is -1.63. The van der Waals surface area contributed by atoms with Crippen LogP contribution in [0, 0.1) is 4.77 Å². The number of carbonyl (C=O) groups excluding carboxylic acids is 2. The summed E-state index contributed by atoms with van der Waals surface area (Å²) in [4.78, 5) is 26.3. The van der Waals surface area contributed by atoms with Crippen LogP contribution < -0.4 is 0 Å². The predicted molar refractivity (Wildman–Crippen MR) is 67.2 cm³/mol. The molecular weight excluding hydrogens is 256 g/mol. The van der Waals surface area contributed by atoms with Gasteiger partial charge in [0.05, 0.1) is 13.2 Å². The molecule has 0 aromatic carbocycles. The zero-order chi connectivity index (χ0) is 13.7. The Balaban J connectivity index is 3.29. The Kier molecular flexibility index (Phi) is 5.08. The Morgan fingerprint density at radius 2 is 1.72 bits per heavy atom. The topological polar surface area (TPSA) is 73.3 Å². The first-order chi connectivity index (χ1) is 8.56. The largest absolute Gasteiger partial charge is 0.461 e. The number of imidazole rings is 1. The van der Waals surface area contributed by atoms with Crippen LogP contribution in [0.3, 0.4) is 0 Å². The minimum atomic E-state index is -0.612. The molecule has 0 saturated carbocycles. The van der Waals surface area contributed by atoms with Crippen LogP contribution in [0.1, 0.15) is 41.7 Å². The molecule has 0 aliphatic heterocycles. The monoisotopic (exact) mass is 272 g/mol.